The van der Waals surface area contributed by atoms with Gasteiger partial charge in [-0.15, -0.1) is 5.92 Å². The molecule has 0 aliphatic heterocycles. The summed E-state index contributed by atoms with van der Waals surface area (Å²) in [5, 5.41) is 18.6. The second-order valence-electron chi connectivity index (χ2n) is 10.5. The van der Waals surface area contributed by atoms with E-state index in [0.29, 0.717) is 34.8 Å². The van der Waals surface area contributed by atoms with Crippen LogP contribution >= 0.6 is 0 Å². The Bertz CT molecular complexity index is 1730. The molecule has 0 aliphatic carbocycles. The van der Waals surface area contributed by atoms with Gasteiger partial charge in [0.05, 0.1) is 30.5 Å². The fraction of sp³-hybridized carbons (Fsp3) is 0.379. The lowest BCUT2D eigenvalue weighted by Gasteiger charge is -2.25. The molecule has 0 spiro atoms. The Balaban J connectivity index is 1.68. The van der Waals surface area contributed by atoms with Crippen LogP contribution in [0.15, 0.2) is 41.5 Å². The summed E-state index contributed by atoms with van der Waals surface area (Å²) in [5.74, 6) is 6.40. The summed E-state index contributed by atoms with van der Waals surface area (Å²) < 4.78 is 8.38. The predicted octanol–water partition coefficient (Wildman–Crippen LogP) is 3.43. The second kappa shape index (κ2) is 11.5. The zero-order chi connectivity index (χ0) is 29.0. The summed E-state index contributed by atoms with van der Waals surface area (Å²) in [6.07, 6.45) is 2.71. The van der Waals surface area contributed by atoms with Gasteiger partial charge in [0.2, 0.25) is 5.95 Å². The fourth-order valence-corrected chi connectivity index (χ4v) is 4.42. The summed E-state index contributed by atoms with van der Waals surface area (Å²) in [7, 11) is 1.83. The molecular weight excluding hydrogens is 508 g/mol. The Morgan fingerprint density at radius 1 is 1.25 bits per heavy atom. The minimum Gasteiger partial charge on any atom is -0.444 e. The number of anilines is 1. The molecule has 1 N–H and O–H groups in total. The van der Waals surface area contributed by atoms with E-state index in [1.807, 2.05) is 43.1 Å². The standard InChI is InChI=1S/C29H32N8O3/c1-7-8-13-36-25-23(34-27(36)35(6)17-19(2)33-28(39)40-29(3,4)5)16-32-37(26(25)38)18-24-22(14-30)21-12-10-9-11-20(21)15-31-24/h9-12,15-16,19H,13,17-18H2,1-6H3,(H,33,39). The van der Waals surface area contributed by atoms with E-state index in [4.69, 9.17) is 4.74 Å². The molecule has 206 valence electrons. The minimum atomic E-state index is -0.605. The van der Waals surface area contributed by atoms with E-state index < -0.39 is 11.7 Å². The molecule has 1 aromatic carbocycles. The average molecular weight is 541 g/mol. The number of rotatable bonds is 7. The van der Waals surface area contributed by atoms with Crippen molar-refractivity contribution in [2.45, 2.75) is 59.4 Å². The van der Waals surface area contributed by atoms with Crippen molar-refractivity contribution in [2.24, 2.45) is 0 Å². The molecule has 4 aromatic rings. The number of nitrogens with one attached hydrogen (secondary N) is 1. The van der Waals surface area contributed by atoms with Crippen molar-refractivity contribution >= 4 is 33.8 Å². The number of ether oxygens (including phenoxy) is 1. The first-order chi connectivity index (χ1) is 19.0. The molecule has 0 saturated heterocycles. The third kappa shape index (κ3) is 6.05. The van der Waals surface area contributed by atoms with E-state index in [9.17, 15) is 14.9 Å². The van der Waals surface area contributed by atoms with Gasteiger partial charge in [0.25, 0.3) is 5.56 Å². The summed E-state index contributed by atoms with van der Waals surface area (Å²) in [6.45, 7) is 9.65. The normalized spacial score (nSPS) is 11.9. The molecule has 0 radical (unpaired) electrons. The van der Waals surface area contributed by atoms with E-state index >= 15 is 0 Å². The maximum absolute atomic E-state index is 13.7. The number of imidazole rings is 1. The Morgan fingerprint density at radius 3 is 2.70 bits per heavy atom. The largest absolute Gasteiger partial charge is 0.444 e. The summed E-state index contributed by atoms with van der Waals surface area (Å²) in [6, 6.07) is 9.45. The van der Waals surface area contributed by atoms with Crippen LogP contribution in [0.4, 0.5) is 10.7 Å². The minimum absolute atomic E-state index is 0.0230. The predicted molar refractivity (Wildman–Crippen MR) is 153 cm³/mol. The number of benzene rings is 1. The van der Waals surface area contributed by atoms with E-state index in [1.165, 1.54) is 10.9 Å². The lowest BCUT2D eigenvalue weighted by molar-refractivity contribution is 0.0510. The molecule has 0 bridgehead atoms. The number of amides is 1. The van der Waals surface area contributed by atoms with E-state index in [1.54, 1.807) is 38.5 Å². The summed E-state index contributed by atoms with van der Waals surface area (Å²) >= 11 is 0. The van der Waals surface area contributed by atoms with Crippen LogP contribution in [-0.4, -0.2) is 55.6 Å². The maximum Gasteiger partial charge on any atom is 0.407 e. The monoisotopic (exact) mass is 540 g/mol. The van der Waals surface area contributed by atoms with E-state index in [2.05, 4.69) is 38.3 Å². The molecule has 0 aliphatic rings. The SMILES string of the molecule is CC#CCn1c(N(C)CC(C)NC(=O)OC(C)(C)C)nc2cnn(Cc3ncc4ccccc4c3C#N)c(=O)c21. The van der Waals surface area contributed by atoms with Crippen molar-refractivity contribution in [2.75, 3.05) is 18.5 Å². The van der Waals surface area contributed by atoms with Crippen LogP contribution in [0.2, 0.25) is 0 Å². The third-order valence-corrected chi connectivity index (χ3v) is 6.09. The number of nitrogens with zero attached hydrogens (tertiary/aromatic N) is 7. The quantitative estimate of drug-likeness (QED) is 0.353. The van der Waals surface area contributed by atoms with Crippen LogP contribution < -0.4 is 15.8 Å². The van der Waals surface area contributed by atoms with Crippen molar-refractivity contribution in [1.29, 1.82) is 5.26 Å². The first-order valence-corrected chi connectivity index (χ1v) is 12.9. The van der Waals surface area contributed by atoms with Gasteiger partial charge in [0, 0.05) is 36.6 Å². The summed E-state index contributed by atoms with van der Waals surface area (Å²) in [4.78, 5) is 36.9. The van der Waals surface area contributed by atoms with E-state index in [0.717, 1.165) is 10.8 Å². The highest BCUT2D eigenvalue weighted by Gasteiger charge is 2.22. The van der Waals surface area contributed by atoms with Crippen molar-refractivity contribution in [3.63, 3.8) is 0 Å². The van der Waals surface area contributed by atoms with Crippen LogP contribution in [0.5, 0.6) is 0 Å². The van der Waals surface area contributed by atoms with Crippen LogP contribution in [-0.2, 0) is 17.8 Å². The van der Waals surface area contributed by atoms with Crippen molar-refractivity contribution in [3.8, 4) is 17.9 Å². The fourth-order valence-electron chi connectivity index (χ4n) is 4.42. The van der Waals surface area contributed by atoms with Gasteiger partial charge in [-0.05, 0) is 34.6 Å². The third-order valence-electron chi connectivity index (χ3n) is 6.09. The molecule has 40 heavy (non-hydrogen) atoms. The number of aromatic nitrogens is 5. The van der Waals surface area contributed by atoms with Crippen LogP contribution in [0.3, 0.4) is 0 Å². The number of carbonyl (C=O) groups is 1. The van der Waals surface area contributed by atoms with Crippen LogP contribution in [0.25, 0.3) is 21.8 Å². The van der Waals surface area contributed by atoms with Gasteiger partial charge in [-0.2, -0.15) is 10.4 Å². The Kier molecular flexibility index (Phi) is 8.05. The molecule has 0 fully saturated rings. The zero-order valence-corrected chi connectivity index (χ0v) is 23.5. The smallest absolute Gasteiger partial charge is 0.407 e. The molecule has 1 amide bonds. The lowest BCUT2D eigenvalue weighted by atomic mass is 10.1. The Labute approximate surface area is 232 Å². The maximum atomic E-state index is 13.7. The molecule has 1 atom stereocenters. The number of hydrogen-bond acceptors (Lipinski definition) is 8. The number of alkyl carbamates (subject to hydrolysis) is 1. The number of pyridine rings is 1. The first-order valence-electron chi connectivity index (χ1n) is 12.9. The van der Waals surface area contributed by atoms with Crippen molar-refractivity contribution in [3.05, 3.63) is 58.3 Å². The highest BCUT2D eigenvalue weighted by Crippen LogP contribution is 2.22. The molecule has 3 heterocycles. The Morgan fingerprint density at radius 2 is 2.00 bits per heavy atom. The molecule has 3 aromatic heterocycles. The highest BCUT2D eigenvalue weighted by molar-refractivity contribution is 5.87. The molecule has 4 rings (SSSR count). The van der Waals surface area contributed by atoms with Gasteiger partial charge in [0.1, 0.15) is 22.7 Å². The van der Waals surface area contributed by atoms with Gasteiger partial charge in [-0.25, -0.2) is 14.5 Å². The molecule has 0 saturated carbocycles. The zero-order valence-electron chi connectivity index (χ0n) is 23.5. The van der Waals surface area contributed by atoms with Gasteiger partial charge < -0.3 is 15.0 Å². The van der Waals surface area contributed by atoms with Crippen LogP contribution in [0.1, 0.15) is 45.9 Å². The second-order valence-corrected chi connectivity index (χ2v) is 10.5. The Hall–Kier alpha value is -4.90. The van der Waals surface area contributed by atoms with Gasteiger partial charge in [-0.3, -0.25) is 14.3 Å². The average Bonchev–Trinajstić information content (AvgIpc) is 3.27. The van der Waals surface area contributed by atoms with Crippen molar-refractivity contribution in [1.82, 2.24) is 29.6 Å². The molecule has 11 nitrogen and oxygen atoms in total. The summed E-state index contributed by atoms with van der Waals surface area (Å²) in [5.41, 5.74) is 0.637. The molecule has 11 heteroatoms. The number of hydrogen-bond donors (Lipinski definition) is 1. The molecular formula is C29H32N8O3. The van der Waals surface area contributed by atoms with Crippen molar-refractivity contribution < 1.29 is 9.53 Å². The van der Waals surface area contributed by atoms with Gasteiger partial charge >= 0.3 is 6.09 Å². The number of fused-ring (bicyclic) bond motifs is 2. The van der Waals surface area contributed by atoms with Gasteiger partial charge in [0.15, 0.2) is 0 Å². The first kappa shape index (κ1) is 28.1. The number of nitriles is 1. The van der Waals surface area contributed by atoms with Crippen LogP contribution in [0, 0.1) is 23.2 Å². The highest BCUT2D eigenvalue weighted by atomic mass is 16.6. The van der Waals surface area contributed by atoms with Gasteiger partial charge in [-0.1, -0.05) is 30.2 Å². The number of carbonyl (C=O) groups excluding carboxylic acids is 1. The lowest BCUT2D eigenvalue weighted by Crippen LogP contribution is -2.43. The van der Waals surface area contributed by atoms with E-state index in [-0.39, 0.29) is 24.7 Å². The number of likely N-dealkylation sites (N-methyl/N-ethyl adjacent to an activating group) is 1. The molecule has 1 unspecified atom stereocenters. The topological polar surface area (TPSA) is 131 Å².